The molecule has 2 aromatic carbocycles. The number of rotatable bonds is 6. The maximum Gasteiger partial charge on any atom is 0.418 e. The van der Waals surface area contributed by atoms with Gasteiger partial charge in [-0.05, 0) is 41.5 Å². The fourth-order valence-corrected chi connectivity index (χ4v) is 4.71. The van der Waals surface area contributed by atoms with Gasteiger partial charge in [0, 0.05) is 36.9 Å². The van der Waals surface area contributed by atoms with Gasteiger partial charge >= 0.3 is 6.18 Å². The Labute approximate surface area is 238 Å². The van der Waals surface area contributed by atoms with Crippen molar-refractivity contribution in [2.24, 2.45) is 0 Å². The molecule has 1 unspecified atom stereocenters. The van der Waals surface area contributed by atoms with Gasteiger partial charge in [0.2, 0.25) is 0 Å². The SMILES string of the molecule is O=C(Nc1ccc(N2CCN(C(=O)C(O)c3ccc(Cl)cc3)CC2)nc1)c1[nH]c(-c2ccccc2)cc1C(F)(F)F. The van der Waals surface area contributed by atoms with Gasteiger partial charge in [-0.3, -0.25) is 9.59 Å². The average Bonchev–Trinajstić information content (AvgIpc) is 3.45. The van der Waals surface area contributed by atoms with Crippen molar-refractivity contribution in [1.82, 2.24) is 14.9 Å². The molecule has 212 valence electrons. The maximum atomic E-state index is 13.7. The summed E-state index contributed by atoms with van der Waals surface area (Å²) in [6, 6.07) is 19.0. The highest BCUT2D eigenvalue weighted by molar-refractivity contribution is 6.30. The van der Waals surface area contributed by atoms with Crippen molar-refractivity contribution in [3.05, 3.63) is 101 Å². The van der Waals surface area contributed by atoms with E-state index in [1.54, 1.807) is 71.6 Å². The highest BCUT2D eigenvalue weighted by Crippen LogP contribution is 2.35. The van der Waals surface area contributed by atoms with Gasteiger partial charge in [0.25, 0.3) is 11.8 Å². The lowest BCUT2D eigenvalue weighted by atomic mass is 10.1. The molecule has 41 heavy (non-hydrogen) atoms. The van der Waals surface area contributed by atoms with Crippen molar-refractivity contribution in [3.63, 3.8) is 0 Å². The van der Waals surface area contributed by atoms with Crippen LogP contribution >= 0.6 is 11.6 Å². The monoisotopic (exact) mass is 583 g/mol. The summed E-state index contributed by atoms with van der Waals surface area (Å²) < 4.78 is 41.1. The number of hydrogen-bond donors (Lipinski definition) is 3. The molecule has 8 nitrogen and oxygen atoms in total. The lowest BCUT2D eigenvalue weighted by molar-refractivity contribution is -0.141. The first-order chi connectivity index (χ1) is 19.6. The predicted octanol–water partition coefficient (Wildman–Crippen LogP) is 5.38. The summed E-state index contributed by atoms with van der Waals surface area (Å²) in [6.45, 7) is 1.63. The third-order valence-electron chi connectivity index (χ3n) is 6.78. The highest BCUT2D eigenvalue weighted by atomic mass is 35.5. The molecule has 4 aromatic rings. The second-order valence-corrected chi connectivity index (χ2v) is 9.90. The Morgan fingerprint density at radius 3 is 2.27 bits per heavy atom. The smallest absolute Gasteiger partial charge is 0.378 e. The van der Waals surface area contributed by atoms with Crippen LogP contribution in [0, 0.1) is 0 Å². The van der Waals surface area contributed by atoms with E-state index in [9.17, 15) is 27.9 Å². The Hall–Kier alpha value is -4.35. The maximum absolute atomic E-state index is 13.7. The highest BCUT2D eigenvalue weighted by Gasteiger charge is 2.37. The van der Waals surface area contributed by atoms with Crippen LogP contribution in [-0.4, -0.2) is 58.0 Å². The molecule has 5 rings (SSSR count). The number of H-pyrrole nitrogens is 1. The number of aromatic amines is 1. The Bertz CT molecular complexity index is 1520. The van der Waals surface area contributed by atoms with E-state index in [1.807, 2.05) is 4.90 Å². The number of amides is 2. The number of piperazine rings is 1. The lowest BCUT2D eigenvalue weighted by Gasteiger charge is -2.36. The quantitative estimate of drug-likeness (QED) is 0.283. The van der Waals surface area contributed by atoms with E-state index in [0.29, 0.717) is 48.1 Å². The van der Waals surface area contributed by atoms with Crippen LogP contribution < -0.4 is 10.2 Å². The van der Waals surface area contributed by atoms with E-state index in [0.717, 1.165) is 6.07 Å². The zero-order chi connectivity index (χ0) is 29.1. The number of benzene rings is 2. The van der Waals surface area contributed by atoms with Gasteiger partial charge in [0.15, 0.2) is 6.10 Å². The number of carbonyl (C=O) groups is 2. The van der Waals surface area contributed by atoms with Crippen molar-refractivity contribution in [1.29, 1.82) is 0 Å². The number of aromatic nitrogens is 2. The summed E-state index contributed by atoms with van der Waals surface area (Å²) in [6.07, 6.45) is -4.66. The van der Waals surface area contributed by atoms with Crippen LogP contribution in [0.2, 0.25) is 5.02 Å². The van der Waals surface area contributed by atoms with Crippen molar-refractivity contribution in [3.8, 4) is 11.3 Å². The Morgan fingerprint density at radius 1 is 0.976 bits per heavy atom. The average molecular weight is 584 g/mol. The molecule has 1 saturated heterocycles. The Kier molecular flexibility index (Phi) is 8.00. The number of aliphatic hydroxyl groups is 1. The molecule has 1 fully saturated rings. The summed E-state index contributed by atoms with van der Waals surface area (Å²) in [5.41, 5.74) is -0.282. The molecular formula is C29H25ClF3N5O3. The number of halogens is 4. The first-order valence-corrected chi connectivity index (χ1v) is 13.1. The van der Waals surface area contributed by atoms with Crippen LogP contribution in [0.1, 0.15) is 27.7 Å². The number of aliphatic hydroxyl groups excluding tert-OH is 1. The van der Waals surface area contributed by atoms with Gasteiger partial charge in [0.05, 0.1) is 17.4 Å². The van der Waals surface area contributed by atoms with Gasteiger partial charge in [-0.1, -0.05) is 54.1 Å². The lowest BCUT2D eigenvalue weighted by Crippen LogP contribution is -2.50. The summed E-state index contributed by atoms with van der Waals surface area (Å²) in [4.78, 5) is 36.1. The number of nitrogens with one attached hydrogen (secondary N) is 2. The predicted molar refractivity (Wildman–Crippen MR) is 149 cm³/mol. The van der Waals surface area contributed by atoms with Crippen molar-refractivity contribution < 1.29 is 27.9 Å². The molecule has 0 saturated carbocycles. The molecule has 0 bridgehead atoms. The number of nitrogens with zero attached hydrogens (tertiary/aromatic N) is 3. The van der Waals surface area contributed by atoms with Gasteiger partial charge in [0.1, 0.15) is 11.5 Å². The molecule has 1 aliphatic rings. The van der Waals surface area contributed by atoms with Crippen LogP contribution in [-0.2, 0) is 11.0 Å². The third kappa shape index (κ3) is 6.36. The van der Waals surface area contributed by atoms with E-state index in [4.69, 9.17) is 11.6 Å². The van der Waals surface area contributed by atoms with Crippen molar-refractivity contribution in [2.45, 2.75) is 12.3 Å². The van der Waals surface area contributed by atoms with Gasteiger partial charge < -0.3 is 25.2 Å². The normalized spacial score (nSPS) is 14.6. The molecule has 12 heteroatoms. The summed E-state index contributed by atoms with van der Waals surface area (Å²) >= 11 is 5.87. The van der Waals surface area contributed by atoms with Gasteiger partial charge in [-0.25, -0.2) is 4.98 Å². The van der Waals surface area contributed by atoms with Gasteiger partial charge in [-0.15, -0.1) is 0 Å². The largest absolute Gasteiger partial charge is 0.418 e. The van der Waals surface area contributed by atoms with Crippen LogP contribution in [0.15, 0.2) is 79.0 Å². The minimum Gasteiger partial charge on any atom is -0.378 e. The summed E-state index contributed by atoms with van der Waals surface area (Å²) in [7, 11) is 0. The van der Waals surface area contributed by atoms with Gasteiger partial charge in [-0.2, -0.15) is 13.2 Å². The van der Waals surface area contributed by atoms with E-state index < -0.39 is 35.4 Å². The standard InChI is InChI=1S/C29H25ClF3N5O3/c30-20-8-6-19(7-9-20)26(39)28(41)38-14-12-37(13-15-38)24-11-10-21(17-34-24)35-27(40)25-22(29(31,32)33)16-23(36-25)18-4-2-1-3-5-18/h1-11,16-17,26,36,39H,12-15H2,(H,35,40). The molecular weight excluding hydrogens is 559 g/mol. The van der Waals surface area contributed by atoms with E-state index >= 15 is 0 Å². The molecule has 1 atom stereocenters. The topological polar surface area (TPSA) is 102 Å². The second kappa shape index (κ2) is 11.6. The van der Waals surface area contributed by atoms with Crippen molar-refractivity contribution >= 4 is 34.9 Å². The van der Waals surface area contributed by atoms with Crippen LogP contribution in [0.4, 0.5) is 24.7 Å². The van der Waals surface area contributed by atoms with E-state index in [1.165, 1.54) is 6.20 Å². The first kappa shape index (κ1) is 28.2. The zero-order valence-corrected chi connectivity index (χ0v) is 22.3. The molecule has 0 aliphatic carbocycles. The number of anilines is 2. The summed E-state index contributed by atoms with van der Waals surface area (Å²) in [5, 5.41) is 13.4. The third-order valence-corrected chi connectivity index (χ3v) is 7.03. The molecule has 0 spiro atoms. The van der Waals surface area contributed by atoms with Crippen LogP contribution in [0.3, 0.4) is 0 Å². The number of carbonyl (C=O) groups excluding carboxylic acids is 2. The molecule has 2 amide bonds. The first-order valence-electron chi connectivity index (χ1n) is 12.7. The molecule has 3 N–H and O–H groups in total. The fraction of sp³-hybridized carbons (Fsp3) is 0.207. The minimum absolute atomic E-state index is 0.176. The number of hydrogen-bond acceptors (Lipinski definition) is 5. The Morgan fingerprint density at radius 2 is 1.66 bits per heavy atom. The van der Waals surface area contributed by atoms with E-state index in [2.05, 4.69) is 15.3 Å². The minimum atomic E-state index is -4.73. The number of pyridine rings is 1. The number of alkyl halides is 3. The van der Waals surface area contributed by atoms with Crippen LogP contribution in [0.25, 0.3) is 11.3 Å². The van der Waals surface area contributed by atoms with Crippen molar-refractivity contribution in [2.75, 3.05) is 36.4 Å². The van der Waals surface area contributed by atoms with Crippen LogP contribution in [0.5, 0.6) is 0 Å². The molecule has 2 aromatic heterocycles. The Balaban J connectivity index is 1.21. The fourth-order valence-electron chi connectivity index (χ4n) is 4.59. The molecule has 3 heterocycles. The zero-order valence-electron chi connectivity index (χ0n) is 21.5. The second-order valence-electron chi connectivity index (χ2n) is 9.46. The molecule has 0 radical (unpaired) electrons. The summed E-state index contributed by atoms with van der Waals surface area (Å²) in [5.74, 6) is -0.771. The molecule has 1 aliphatic heterocycles. The van der Waals surface area contributed by atoms with E-state index in [-0.39, 0.29) is 11.4 Å².